The van der Waals surface area contributed by atoms with E-state index in [0.29, 0.717) is 5.56 Å². The molecule has 0 aliphatic carbocycles. The standard InChI is InChI=1S/C9H10O4/c10-8-4-2-1-3-7(8)5-13-6-9(11)12/h1-4,10H,5-6H2,(H,11,12). The molecule has 4 heteroatoms. The van der Waals surface area contributed by atoms with E-state index in [9.17, 15) is 9.90 Å². The molecule has 0 amide bonds. The van der Waals surface area contributed by atoms with E-state index >= 15 is 0 Å². The number of hydrogen-bond acceptors (Lipinski definition) is 3. The van der Waals surface area contributed by atoms with Crippen molar-refractivity contribution in [3.63, 3.8) is 0 Å². The lowest BCUT2D eigenvalue weighted by Gasteiger charge is -2.03. The smallest absolute Gasteiger partial charge is 0.329 e. The Balaban J connectivity index is 2.45. The Kier molecular flexibility index (Phi) is 3.28. The number of carbonyl (C=O) groups is 1. The molecule has 0 spiro atoms. The largest absolute Gasteiger partial charge is 0.508 e. The van der Waals surface area contributed by atoms with Gasteiger partial charge in [0.2, 0.25) is 0 Å². The number of rotatable bonds is 4. The summed E-state index contributed by atoms with van der Waals surface area (Å²) < 4.78 is 4.80. The van der Waals surface area contributed by atoms with E-state index < -0.39 is 5.97 Å². The summed E-state index contributed by atoms with van der Waals surface area (Å²) in [6.45, 7) is -0.243. The van der Waals surface area contributed by atoms with Crippen LogP contribution < -0.4 is 0 Å². The van der Waals surface area contributed by atoms with Gasteiger partial charge in [-0.3, -0.25) is 0 Å². The van der Waals surface area contributed by atoms with E-state index in [1.54, 1.807) is 18.2 Å². The first-order valence-electron chi connectivity index (χ1n) is 3.76. The zero-order chi connectivity index (χ0) is 9.68. The Bertz CT molecular complexity index is 295. The molecule has 0 aliphatic heterocycles. The summed E-state index contributed by atoms with van der Waals surface area (Å²) in [6.07, 6.45) is 0. The topological polar surface area (TPSA) is 66.8 Å². The number of phenolic OH excluding ortho intramolecular Hbond substituents is 1. The molecule has 1 aromatic rings. The van der Waals surface area contributed by atoms with Crippen LogP contribution >= 0.6 is 0 Å². The van der Waals surface area contributed by atoms with Crippen molar-refractivity contribution >= 4 is 5.97 Å². The average molecular weight is 182 g/mol. The number of carboxylic acid groups (broad SMARTS) is 1. The van der Waals surface area contributed by atoms with Crippen LogP contribution in [0.15, 0.2) is 24.3 Å². The van der Waals surface area contributed by atoms with E-state index in [1.807, 2.05) is 0 Å². The molecule has 2 N–H and O–H groups in total. The molecule has 0 unspecified atom stereocenters. The molecule has 0 saturated carbocycles. The maximum atomic E-state index is 10.1. The fourth-order valence-corrected chi connectivity index (χ4v) is 0.881. The molecule has 0 heterocycles. The number of benzene rings is 1. The van der Waals surface area contributed by atoms with Crippen molar-refractivity contribution < 1.29 is 19.7 Å². The summed E-state index contributed by atoms with van der Waals surface area (Å²) in [5.41, 5.74) is 0.587. The lowest BCUT2D eigenvalue weighted by molar-refractivity contribution is -0.142. The molecule has 13 heavy (non-hydrogen) atoms. The molecule has 0 radical (unpaired) electrons. The van der Waals surface area contributed by atoms with Crippen LogP contribution in [0.1, 0.15) is 5.56 Å². The van der Waals surface area contributed by atoms with Gasteiger partial charge in [-0.25, -0.2) is 4.79 Å². The van der Waals surface area contributed by atoms with E-state index in [1.165, 1.54) is 6.07 Å². The van der Waals surface area contributed by atoms with Crippen LogP contribution in [0.4, 0.5) is 0 Å². The van der Waals surface area contributed by atoms with Crippen molar-refractivity contribution in [2.24, 2.45) is 0 Å². The minimum absolute atomic E-state index is 0.110. The molecule has 0 saturated heterocycles. The Hall–Kier alpha value is -1.55. The van der Waals surface area contributed by atoms with Crippen LogP contribution in [0.5, 0.6) is 5.75 Å². The van der Waals surface area contributed by atoms with Gasteiger partial charge in [-0.2, -0.15) is 0 Å². The highest BCUT2D eigenvalue weighted by Crippen LogP contribution is 2.15. The summed E-state index contributed by atoms with van der Waals surface area (Å²) in [5.74, 6) is -0.900. The molecular formula is C9H10O4. The van der Waals surface area contributed by atoms with E-state index in [-0.39, 0.29) is 19.0 Å². The Morgan fingerprint density at radius 3 is 2.69 bits per heavy atom. The van der Waals surface area contributed by atoms with E-state index in [4.69, 9.17) is 9.84 Å². The number of phenols is 1. The van der Waals surface area contributed by atoms with Crippen LogP contribution in [-0.2, 0) is 16.1 Å². The molecule has 4 nitrogen and oxygen atoms in total. The summed E-state index contributed by atoms with van der Waals surface area (Å²) in [5, 5.41) is 17.5. The summed E-state index contributed by atoms with van der Waals surface area (Å²) >= 11 is 0. The first kappa shape index (κ1) is 9.54. The van der Waals surface area contributed by atoms with Crippen LogP contribution in [0.2, 0.25) is 0 Å². The van der Waals surface area contributed by atoms with Crippen LogP contribution in [0.3, 0.4) is 0 Å². The van der Waals surface area contributed by atoms with Crippen molar-refractivity contribution in [2.45, 2.75) is 6.61 Å². The minimum atomic E-state index is -1.02. The third-order valence-corrected chi connectivity index (χ3v) is 1.47. The minimum Gasteiger partial charge on any atom is -0.508 e. The number of aliphatic carboxylic acids is 1. The Morgan fingerprint density at radius 1 is 1.38 bits per heavy atom. The lowest BCUT2D eigenvalue weighted by Crippen LogP contribution is -2.06. The van der Waals surface area contributed by atoms with Crippen molar-refractivity contribution in [2.75, 3.05) is 6.61 Å². The third kappa shape index (κ3) is 3.13. The Labute approximate surface area is 75.4 Å². The van der Waals surface area contributed by atoms with Crippen molar-refractivity contribution in [3.8, 4) is 5.75 Å². The summed E-state index contributed by atoms with van der Waals surface area (Å²) in [4.78, 5) is 10.1. The van der Waals surface area contributed by atoms with Crippen LogP contribution in [0, 0.1) is 0 Å². The lowest BCUT2D eigenvalue weighted by atomic mass is 10.2. The molecule has 1 aromatic carbocycles. The first-order valence-corrected chi connectivity index (χ1v) is 3.76. The molecular weight excluding hydrogens is 172 g/mol. The zero-order valence-corrected chi connectivity index (χ0v) is 6.93. The zero-order valence-electron chi connectivity index (χ0n) is 6.93. The van der Waals surface area contributed by atoms with Crippen molar-refractivity contribution in [1.82, 2.24) is 0 Å². The normalized spacial score (nSPS) is 9.85. The van der Waals surface area contributed by atoms with E-state index in [0.717, 1.165) is 0 Å². The fraction of sp³-hybridized carbons (Fsp3) is 0.222. The maximum absolute atomic E-state index is 10.1. The van der Waals surface area contributed by atoms with Gasteiger partial charge in [0.1, 0.15) is 12.4 Å². The summed E-state index contributed by atoms with van der Waals surface area (Å²) in [7, 11) is 0. The molecule has 70 valence electrons. The summed E-state index contributed by atoms with van der Waals surface area (Å²) in [6, 6.07) is 6.64. The predicted molar refractivity (Wildman–Crippen MR) is 45.4 cm³/mol. The second kappa shape index (κ2) is 4.47. The van der Waals surface area contributed by atoms with Gasteiger partial charge in [0, 0.05) is 5.56 Å². The van der Waals surface area contributed by atoms with Crippen molar-refractivity contribution in [3.05, 3.63) is 29.8 Å². The molecule has 0 aliphatic rings. The van der Waals surface area contributed by atoms with Gasteiger partial charge < -0.3 is 14.9 Å². The second-order valence-electron chi connectivity index (χ2n) is 2.52. The first-order chi connectivity index (χ1) is 6.20. The van der Waals surface area contributed by atoms with Gasteiger partial charge >= 0.3 is 5.97 Å². The fourth-order valence-electron chi connectivity index (χ4n) is 0.881. The second-order valence-corrected chi connectivity index (χ2v) is 2.52. The number of aromatic hydroxyl groups is 1. The molecule has 0 fully saturated rings. The molecule has 0 bridgehead atoms. The van der Waals surface area contributed by atoms with Crippen molar-refractivity contribution in [1.29, 1.82) is 0 Å². The van der Waals surface area contributed by atoms with Gasteiger partial charge in [-0.15, -0.1) is 0 Å². The van der Waals surface area contributed by atoms with Gasteiger partial charge in [0.25, 0.3) is 0 Å². The van der Waals surface area contributed by atoms with Crippen LogP contribution in [-0.4, -0.2) is 22.8 Å². The highest BCUT2D eigenvalue weighted by atomic mass is 16.5. The average Bonchev–Trinajstić information content (AvgIpc) is 2.08. The third-order valence-electron chi connectivity index (χ3n) is 1.47. The van der Waals surface area contributed by atoms with E-state index in [2.05, 4.69) is 0 Å². The van der Waals surface area contributed by atoms with Gasteiger partial charge in [0.05, 0.1) is 6.61 Å². The van der Waals surface area contributed by atoms with Crippen LogP contribution in [0.25, 0.3) is 0 Å². The van der Waals surface area contributed by atoms with Gasteiger partial charge in [0.15, 0.2) is 0 Å². The number of ether oxygens (including phenoxy) is 1. The quantitative estimate of drug-likeness (QED) is 0.728. The monoisotopic (exact) mass is 182 g/mol. The highest BCUT2D eigenvalue weighted by molar-refractivity contribution is 5.68. The highest BCUT2D eigenvalue weighted by Gasteiger charge is 2.01. The Morgan fingerprint density at radius 2 is 2.08 bits per heavy atom. The SMILES string of the molecule is O=C(O)COCc1ccccc1O. The number of carboxylic acids is 1. The van der Waals surface area contributed by atoms with Gasteiger partial charge in [-0.1, -0.05) is 18.2 Å². The molecule has 0 atom stereocenters. The number of para-hydroxylation sites is 1. The maximum Gasteiger partial charge on any atom is 0.329 e. The van der Waals surface area contributed by atoms with Gasteiger partial charge in [-0.05, 0) is 6.07 Å². The molecule has 0 aromatic heterocycles. The molecule has 1 rings (SSSR count). The predicted octanol–water partition coefficient (Wildman–Crippen LogP) is 0.993. The number of hydrogen-bond donors (Lipinski definition) is 2.